The predicted molar refractivity (Wildman–Crippen MR) is 107 cm³/mol. The maximum atomic E-state index is 12.3. The van der Waals surface area contributed by atoms with E-state index in [4.69, 9.17) is 0 Å². The molecule has 1 aliphatic heterocycles. The van der Waals surface area contributed by atoms with E-state index in [2.05, 4.69) is 39.0 Å². The fourth-order valence-electron chi connectivity index (χ4n) is 3.18. The van der Waals surface area contributed by atoms with Crippen LogP contribution in [-0.4, -0.2) is 51.9 Å². The lowest BCUT2D eigenvalue weighted by Crippen LogP contribution is -2.49. The van der Waals surface area contributed by atoms with E-state index in [-0.39, 0.29) is 5.91 Å². The molecule has 2 aromatic rings. The Balaban J connectivity index is 1.67. The number of nitrogens with zero attached hydrogens (tertiary/aromatic N) is 5. The summed E-state index contributed by atoms with van der Waals surface area (Å²) in [5.74, 6) is 3.73. The molecule has 0 unspecified atom stereocenters. The smallest absolute Gasteiger partial charge is 0.222 e. The molecule has 0 radical (unpaired) electrons. The molecule has 0 saturated carbocycles. The molecule has 1 N–H and O–H groups in total. The summed E-state index contributed by atoms with van der Waals surface area (Å²) in [5.41, 5.74) is 1.14. The Morgan fingerprint density at radius 3 is 2.52 bits per heavy atom. The van der Waals surface area contributed by atoms with Crippen LogP contribution in [0.1, 0.15) is 31.7 Å². The van der Waals surface area contributed by atoms with Crippen molar-refractivity contribution in [3.63, 3.8) is 0 Å². The Kier molecular flexibility index (Phi) is 5.88. The van der Waals surface area contributed by atoms with Gasteiger partial charge in [-0.05, 0) is 37.5 Å². The van der Waals surface area contributed by atoms with Gasteiger partial charge < -0.3 is 15.1 Å². The van der Waals surface area contributed by atoms with Gasteiger partial charge in [-0.3, -0.25) is 4.79 Å². The lowest BCUT2D eigenvalue weighted by molar-refractivity contribution is -0.132. The van der Waals surface area contributed by atoms with Gasteiger partial charge in [-0.15, -0.1) is 0 Å². The quantitative estimate of drug-likeness (QED) is 0.875. The predicted octanol–water partition coefficient (Wildman–Crippen LogP) is 2.93. The number of aryl methyl sites for hydroxylation is 2. The van der Waals surface area contributed by atoms with Crippen molar-refractivity contribution in [1.82, 2.24) is 19.9 Å². The van der Waals surface area contributed by atoms with E-state index < -0.39 is 0 Å². The second-order valence-corrected chi connectivity index (χ2v) is 7.47. The van der Waals surface area contributed by atoms with Crippen LogP contribution < -0.4 is 10.2 Å². The van der Waals surface area contributed by atoms with Gasteiger partial charge in [-0.2, -0.15) is 0 Å². The summed E-state index contributed by atoms with van der Waals surface area (Å²) in [5, 5.41) is 3.26. The maximum absolute atomic E-state index is 12.3. The first-order valence-electron chi connectivity index (χ1n) is 9.49. The Morgan fingerprint density at radius 1 is 1.11 bits per heavy atom. The highest BCUT2D eigenvalue weighted by Crippen LogP contribution is 2.21. The summed E-state index contributed by atoms with van der Waals surface area (Å²) >= 11 is 0. The Hall–Kier alpha value is -2.70. The molecule has 0 aromatic carbocycles. The van der Waals surface area contributed by atoms with Crippen molar-refractivity contribution < 1.29 is 4.79 Å². The molecule has 3 heterocycles. The Morgan fingerprint density at radius 2 is 1.85 bits per heavy atom. The van der Waals surface area contributed by atoms with Crippen molar-refractivity contribution in [1.29, 1.82) is 0 Å². The molecule has 2 aromatic heterocycles. The summed E-state index contributed by atoms with van der Waals surface area (Å²) in [6.45, 7) is 11.1. The molecule has 3 rings (SSSR count). The molecule has 1 saturated heterocycles. The number of anilines is 3. The van der Waals surface area contributed by atoms with Crippen LogP contribution in [0.15, 0.2) is 24.4 Å². The van der Waals surface area contributed by atoms with Crippen molar-refractivity contribution >= 4 is 23.4 Å². The van der Waals surface area contributed by atoms with E-state index in [0.29, 0.717) is 18.2 Å². The summed E-state index contributed by atoms with van der Waals surface area (Å²) < 4.78 is 0. The molecule has 144 valence electrons. The minimum Gasteiger partial charge on any atom is -0.353 e. The van der Waals surface area contributed by atoms with Crippen LogP contribution in [0.5, 0.6) is 0 Å². The molecule has 7 heteroatoms. The Labute approximate surface area is 160 Å². The van der Waals surface area contributed by atoms with Crippen molar-refractivity contribution in [2.24, 2.45) is 5.92 Å². The fourth-order valence-corrected chi connectivity index (χ4v) is 3.18. The Bertz CT molecular complexity index is 799. The average Bonchev–Trinajstić information content (AvgIpc) is 2.61. The molecule has 1 fully saturated rings. The first-order chi connectivity index (χ1) is 12.9. The molecule has 27 heavy (non-hydrogen) atoms. The number of aromatic nitrogens is 3. The highest BCUT2D eigenvalue weighted by molar-refractivity contribution is 5.76. The SMILES string of the molecule is Cc1ccnc(Nc2cc(N3CCN(C(=O)CC(C)C)CC3)nc(C)n2)c1. The number of nitrogens with one attached hydrogen (secondary N) is 1. The zero-order valence-corrected chi connectivity index (χ0v) is 16.6. The molecule has 7 nitrogen and oxygen atoms in total. The standard InChI is InChI=1S/C20H28N6O/c1-14(2)11-20(27)26-9-7-25(8-10-26)19-13-18(22-16(4)23-19)24-17-12-15(3)5-6-21-17/h5-6,12-14H,7-11H2,1-4H3,(H,21,22,23,24). The van der Waals surface area contributed by atoms with Gasteiger partial charge in [0.25, 0.3) is 0 Å². The molecular formula is C20H28N6O. The van der Waals surface area contributed by atoms with Crippen molar-refractivity contribution in [3.8, 4) is 0 Å². The van der Waals surface area contributed by atoms with Crippen molar-refractivity contribution in [2.75, 3.05) is 36.4 Å². The lowest BCUT2D eigenvalue weighted by atomic mass is 10.1. The van der Waals surface area contributed by atoms with Crippen LogP contribution in [0.4, 0.5) is 17.5 Å². The molecule has 0 spiro atoms. The molecule has 0 bridgehead atoms. The lowest BCUT2D eigenvalue weighted by Gasteiger charge is -2.36. The van der Waals surface area contributed by atoms with Crippen LogP contribution >= 0.6 is 0 Å². The van der Waals surface area contributed by atoms with Gasteiger partial charge in [-0.25, -0.2) is 15.0 Å². The first-order valence-corrected chi connectivity index (χ1v) is 9.49. The normalized spacial score (nSPS) is 14.6. The third kappa shape index (κ3) is 5.15. The van der Waals surface area contributed by atoms with Gasteiger partial charge in [0.15, 0.2) is 0 Å². The minimum atomic E-state index is 0.247. The van der Waals surface area contributed by atoms with Gasteiger partial charge in [0.2, 0.25) is 5.91 Å². The van der Waals surface area contributed by atoms with Crippen LogP contribution in [0, 0.1) is 19.8 Å². The van der Waals surface area contributed by atoms with Crippen molar-refractivity contribution in [3.05, 3.63) is 35.8 Å². The summed E-state index contributed by atoms with van der Waals surface area (Å²) in [6, 6.07) is 5.89. The van der Waals surface area contributed by atoms with Gasteiger partial charge in [0.1, 0.15) is 23.3 Å². The van der Waals surface area contributed by atoms with Crippen LogP contribution in [-0.2, 0) is 4.79 Å². The van der Waals surface area contributed by atoms with Crippen molar-refractivity contribution in [2.45, 2.75) is 34.1 Å². The van der Waals surface area contributed by atoms with Gasteiger partial charge in [-0.1, -0.05) is 13.8 Å². The van der Waals surface area contributed by atoms with E-state index in [0.717, 1.165) is 49.2 Å². The molecule has 1 aliphatic rings. The zero-order chi connectivity index (χ0) is 19.4. The number of carbonyl (C=O) groups excluding carboxylic acids is 1. The number of rotatable bonds is 5. The number of amides is 1. The van der Waals surface area contributed by atoms with Gasteiger partial charge in [0.05, 0.1) is 0 Å². The van der Waals surface area contributed by atoms with Crippen LogP contribution in [0.2, 0.25) is 0 Å². The van der Waals surface area contributed by atoms with E-state index in [1.54, 1.807) is 6.20 Å². The third-order valence-corrected chi connectivity index (χ3v) is 4.54. The molecular weight excluding hydrogens is 340 g/mol. The minimum absolute atomic E-state index is 0.247. The number of hydrogen-bond donors (Lipinski definition) is 1. The summed E-state index contributed by atoms with van der Waals surface area (Å²) in [4.78, 5) is 29.8. The van der Waals surface area contributed by atoms with Gasteiger partial charge >= 0.3 is 0 Å². The fraction of sp³-hybridized carbons (Fsp3) is 0.500. The summed E-state index contributed by atoms with van der Waals surface area (Å²) in [7, 11) is 0. The monoisotopic (exact) mass is 368 g/mol. The molecule has 1 amide bonds. The summed E-state index contributed by atoms with van der Waals surface area (Å²) in [6.07, 6.45) is 2.39. The number of hydrogen-bond acceptors (Lipinski definition) is 6. The van der Waals surface area contributed by atoms with Crippen LogP contribution in [0.25, 0.3) is 0 Å². The number of pyridine rings is 1. The molecule has 0 atom stereocenters. The van der Waals surface area contributed by atoms with E-state index in [1.165, 1.54) is 0 Å². The maximum Gasteiger partial charge on any atom is 0.222 e. The zero-order valence-electron chi connectivity index (χ0n) is 16.6. The second-order valence-electron chi connectivity index (χ2n) is 7.47. The average molecular weight is 368 g/mol. The van der Waals surface area contributed by atoms with E-state index in [9.17, 15) is 4.79 Å². The largest absolute Gasteiger partial charge is 0.353 e. The molecule has 0 aliphatic carbocycles. The highest BCUT2D eigenvalue weighted by atomic mass is 16.2. The van der Waals surface area contributed by atoms with E-state index in [1.807, 2.05) is 36.9 Å². The first kappa shape index (κ1) is 19.1. The van der Waals surface area contributed by atoms with Gasteiger partial charge in [0, 0.05) is 44.9 Å². The number of carbonyl (C=O) groups is 1. The second kappa shape index (κ2) is 8.33. The third-order valence-electron chi connectivity index (χ3n) is 4.54. The number of piperazine rings is 1. The van der Waals surface area contributed by atoms with Crippen LogP contribution in [0.3, 0.4) is 0 Å². The van der Waals surface area contributed by atoms with E-state index >= 15 is 0 Å². The highest BCUT2D eigenvalue weighted by Gasteiger charge is 2.22. The topological polar surface area (TPSA) is 74.2 Å².